The molecule has 0 atom stereocenters. The first-order valence-corrected chi connectivity index (χ1v) is 7.70. The molecule has 0 saturated heterocycles. The first kappa shape index (κ1) is 16.9. The molecule has 2 rings (SSSR count). The summed E-state index contributed by atoms with van der Waals surface area (Å²) in [5.41, 5.74) is 1.77. The lowest BCUT2D eigenvalue weighted by Crippen LogP contribution is -2.23. The van der Waals surface area contributed by atoms with Crippen molar-refractivity contribution in [2.75, 3.05) is 37.5 Å². The zero-order chi connectivity index (χ0) is 16.8. The molecule has 1 aromatic carbocycles. The third kappa shape index (κ3) is 4.03. The van der Waals surface area contributed by atoms with Gasteiger partial charge in [-0.1, -0.05) is 0 Å². The van der Waals surface area contributed by atoms with Crippen LogP contribution in [0.25, 0.3) is 0 Å². The molecule has 0 amide bonds. The Morgan fingerprint density at radius 1 is 1.00 bits per heavy atom. The van der Waals surface area contributed by atoms with Crippen LogP contribution in [-0.2, 0) is 0 Å². The summed E-state index contributed by atoms with van der Waals surface area (Å²) in [6.45, 7) is 8.00. The largest absolute Gasteiger partial charge is 0.493 e. The maximum atomic E-state index is 5.32. The summed E-state index contributed by atoms with van der Waals surface area (Å²) in [7, 11) is 3.23. The van der Waals surface area contributed by atoms with Crippen molar-refractivity contribution >= 4 is 17.5 Å². The van der Waals surface area contributed by atoms with Crippen molar-refractivity contribution in [3.8, 4) is 11.5 Å². The average Bonchev–Trinajstić information content (AvgIpc) is 2.55. The first-order chi connectivity index (χ1) is 11.1. The Bertz CT molecular complexity index is 657. The van der Waals surface area contributed by atoms with Crippen molar-refractivity contribution in [2.24, 2.45) is 0 Å². The maximum Gasteiger partial charge on any atom is 0.229 e. The number of ether oxygens (including phenoxy) is 2. The molecule has 0 bridgehead atoms. The fourth-order valence-electron chi connectivity index (χ4n) is 2.36. The molecule has 1 N–H and O–H groups in total. The minimum atomic E-state index is 0.569. The molecule has 23 heavy (non-hydrogen) atoms. The van der Waals surface area contributed by atoms with Gasteiger partial charge in [-0.05, 0) is 32.9 Å². The van der Waals surface area contributed by atoms with Gasteiger partial charge in [-0.3, -0.25) is 0 Å². The molecule has 0 aliphatic heterocycles. The number of hydrogen-bond acceptors (Lipinski definition) is 6. The second kappa shape index (κ2) is 7.67. The predicted molar refractivity (Wildman–Crippen MR) is 93.2 cm³/mol. The molecule has 0 aliphatic rings. The average molecular weight is 316 g/mol. The topological polar surface area (TPSA) is 59.5 Å². The molecule has 0 unspecified atom stereocenters. The molecule has 1 heterocycles. The van der Waals surface area contributed by atoms with Gasteiger partial charge in [0, 0.05) is 36.6 Å². The minimum Gasteiger partial charge on any atom is -0.493 e. The molecular weight excluding hydrogens is 292 g/mol. The summed E-state index contributed by atoms with van der Waals surface area (Å²) >= 11 is 0. The van der Waals surface area contributed by atoms with E-state index in [0.29, 0.717) is 17.4 Å². The van der Waals surface area contributed by atoms with Crippen molar-refractivity contribution in [3.63, 3.8) is 0 Å². The van der Waals surface area contributed by atoms with E-state index < -0.39 is 0 Å². The fourth-order valence-corrected chi connectivity index (χ4v) is 2.36. The summed E-state index contributed by atoms with van der Waals surface area (Å²) in [6, 6.07) is 7.61. The fraction of sp³-hybridized carbons (Fsp3) is 0.412. The van der Waals surface area contributed by atoms with E-state index in [2.05, 4.69) is 34.0 Å². The monoisotopic (exact) mass is 316 g/mol. The number of methoxy groups -OCH3 is 2. The van der Waals surface area contributed by atoms with Crippen LogP contribution in [-0.4, -0.2) is 37.3 Å². The summed E-state index contributed by atoms with van der Waals surface area (Å²) in [6.07, 6.45) is 0. The standard InChI is InChI=1S/C17H24N4O2/c1-6-21(7-2)16-10-12(3)18-17(20-16)19-13-8-9-14(22-4)15(11-13)23-5/h8-11H,6-7H2,1-5H3,(H,18,19,20). The van der Waals surface area contributed by atoms with Crippen LogP contribution in [0, 0.1) is 6.92 Å². The van der Waals surface area contributed by atoms with E-state index in [1.54, 1.807) is 14.2 Å². The van der Waals surface area contributed by atoms with Crippen LogP contribution in [0.2, 0.25) is 0 Å². The van der Waals surface area contributed by atoms with Gasteiger partial charge in [0.1, 0.15) is 5.82 Å². The van der Waals surface area contributed by atoms with E-state index >= 15 is 0 Å². The van der Waals surface area contributed by atoms with Crippen LogP contribution in [0.4, 0.5) is 17.5 Å². The summed E-state index contributed by atoms with van der Waals surface area (Å²) in [4.78, 5) is 11.2. The molecule has 6 heteroatoms. The number of nitrogens with zero attached hydrogens (tertiary/aromatic N) is 3. The van der Waals surface area contributed by atoms with Gasteiger partial charge in [-0.15, -0.1) is 0 Å². The molecule has 0 radical (unpaired) electrons. The van der Waals surface area contributed by atoms with Crippen LogP contribution in [0.15, 0.2) is 24.3 Å². The van der Waals surface area contributed by atoms with Crippen LogP contribution < -0.4 is 19.7 Å². The third-order valence-corrected chi connectivity index (χ3v) is 3.57. The van der Waals surface area contributed by atoms with Gasteiger partial charge in [0.2, 0.25) is 5.95 Å². The zero-order valence-electron chi connectivity index (χ0n) is 14.4. The number of aryl methyl sites for hydroxylation is 1. The van der Waals surface area contributed by atoms with E-state index in [-0.39, 0.29) is 0 Å². The van der Waals surface area contributed by atoms with Crippen molar-refractivity contribution in [1.29, 1.82) is 0 Å². The van der Waals surface area contributed by atoms with Crippen LogP contribution in [0.1, 0.15) is 19.5 Å². The van der Waals surface area contributed by atoms with Gasteiger partial charge in [-0.2, -0.15) is 4.98 Å². The molecular formula is C17H24N4O2. The molecule has 2 aromatic rings. The normalized spacial score (nSPS) is 10.3. The molecule has 0 spiro atoms. The molecule has 6 nitrogen and oxygen atoms in total. The minimum absolute atomic E-state index is 0.569. The maximum absolute atomic E-state index is 5.32. The Kier molecular flexibility index (Phi) is 5.62. The first-order valence-electron chi connectivity index (χ1n) is 7.70. The molecule has 1 aromatic heterocycles. The smallest absolute Gasteiger partial charge is 0.229 e. The highest BCUT2D eigenvalue weighted by Gasteiger charge is 2.09. The molecule has 0 fully saturated rings. The molecule has 0 saturated carbocycles. The van der Waals surface area contributed by atoms with Gasteiger partial charge in [-0.25, -0.2) is 4.98 Å². The number of nitrogens with one attached hydrogen (secondary N) is 1. The van der Waals surface area contributed by atoms with Gasteiger partial charge < -0.3 is 19.7 Å². The zero-order valence-corrected chi connectivity index (χ0v) is 14.4. The van der Waals surface area contributed by atoms with Gasteiger partial charge in [0.25, 0.3) is 0 Å². The molecule has 124 valence electrons. The van der Waals surface area contributed by atoms with E-state index in [0.717, 1.165) is 30.3 Å². The van der Waals surface area contributed by atoms with Gasteiger partial charge in [0.15, 0.2) is 11.5 Å². The van der Waals surface area contributed by atoms with Crippen molar-refractivity contribution in [1.82, 2.24) is 9.97 Å². The Labute approximate surface area is 137 Å². The Morgan fingerprint density at radius 3 is 2.30 bits per heavy atom. The van der Waals surface area contributed by atoms with Crippen molar-refractivity contribution < 1.29 is 9.47 Å². The second-order valence-corrected chi connectivity index (χ2v) is 5.06. The quantitative estimate of drug-likeness (QED) is 0.845. The number of hydrogen-bond donors (Lipinski definition) is 1. The lowest BCUT2D eigenvalue weighted by atomic mass is 10.2. The van der Waals surface area contributed by atoms with E-state index in [4.69, 9.17) is 9.47 Å². The van der Waals surface area contributed by atoms with Crippen molar-refractivity contribution in [3.05, 3.63) is 30.0 Å². The number of anilines is 3. The second-order valence-electron chi connectivity index (χ2n) is 5.06. The lowest BCUT2D eigenvalue weighted by molar-refractivity contribution is 0.355. The summed E-state index contributed by atoms with van der Waals surface area (Å²) in [5.74, 6) is 2.84. The Balaban J connectivity index is 2.29. The highest BCUT2D eigenvalue weighted by molar-refractivity contribution is 5.60. The predicted octanol–water partition coefficient (Wildman–Crippen LogP) is 3.39. The highest BCUT2D eigenvalue weighted by atomic mass is 16.5. The van der Waals surface area contributed by atoms with Crippen LogP contribution >= 0.6 is 0 Å². The molecule has 0 aliphatic carbocycles. The lowest BCUT2D eigenvalue weighted by Gasteiger charge is -2.20. The van der Waals surface area contributed by atoms with Gasteiger partial charge in [0.05, 0.1) is 14.2 Å². The Hall–Kier alpha value is -2.50. The van der Waals surface area contributed by atoms with E-state index in [1.807, 2.05) is 31.2 Å². The number of aromatic nitrogens is 2. The summed E-state index contributed by atoms with van der Waals surface area (Å²) < 4.78 is 10.6. The highest BCUT2D eigenvalue weighted by Crippen LogP contribution is 2.30. The van der Waals surface area contributed by atoms with E-state index in [9.17, 15) is 0 Å². The summed E-state index contributed by atoms with van der Waals surface area (Å²) in [5, 5.41) is 3.23. The Morgan fingerprint density at radius 2 is 1.70 bits per heavy atom. The van der Waals surface area contributed by atoms with Gasteiger partial charge >= 0.3 is 0 Å². The van der Waals surface area contributed by atoms with Crippen molar-refractivity contribution in [2.45, 2.75) is 20.8 Å². The van der Waals surface area contributed by atoms with Crippen LogP contribution in [0.5, 0.6) is 11.5 Å². The van der Waals surface area contributed by atoms with Crippen LogP contribution in [0.3, 0.4) is 0 Å². The third-order valence-electron chi connectivity index (χ3n) is 3.57. The number of rotatable bonds is 7. The van der Waals surface area contributed by atoms with E-state index in [1.165, 1.54) is 0 Å². The SMILES string of the molecule is CCN(CC)c1cc(C)nc(Nc2ccc(OC)c(OC)c2)n1. The number of benzene rings is 1.